The number of hydrogen-bond donors (Lipinski definition) is 1. The second-order valence-electron chi connectivity index (χ2n) is 5.87. The summed E-state index contributed by atoms with van der Waals surface area (Å²) in [7, 11) is 3.13. The highest BCUT2D eigenvalue weighted by Crippen LogP contribution is 2.36. The number of ether oxygens (including phenoxy) is 2. The fraction of sp³-hybridized carbons (Fsp3) is 0.389. The predicted molar refractivity (Wildman–Crippen MR) is 101 cm³/mol. The van der Waals surface area contributed by atoms with Crippen molar-refractivity contribution in [1.29, 1.82) is 0 Å². The second-order valence-corrected chi connectivity index (χ2v) is 7.64. The number of carbonyl (C=O) groups excluding carboxylic acids is 1. The van der Waals surface area contributed by atoms with Crippen LogP contribution >= 0.6 is 27.3 Å². The number of thiophene rings is 1. The monoisotopic (exact) mass is 411 g/mol. The van der Waals surface area contributed by atoms with Gasteiger partial charge in [0.15, 0.2) is 0 Å². The molecule has 4 nitrogen and oxygen atoms in total. The second kappa shape index (κ2) is 8.53. The highest BCUT2D eigenvalue weighted by Gasteiger charge is 2.20. The number of methoxy groups -OCH3 is 2. The summed E-state index contributed by atoms with van der Waals surface area (Å²) in [5, 5.41) is 5.16. The lowest BCUT2D eigenvalue weighted by molar-refractivity contribution is 0.0932. The van der Waals surface area contributed by atoms with Gasteiger partial charge < -0.3 is 14.8 Å². The summed E-state index contributed by atoms with van der Waals surface area (Å²) in [6.07, 6.45) is 0.886. The van der Waals surface area contributed by atoms with Crippen molar-refractivity contribution in [1.82, 2.24) is 5.32 Å². The van der Waals surface area contributed by atoms with Crippen LogP contribution in [-0.2, 0) is 0 Å². The molecule has 6 heteroatoms. The van der Waals surface area contributed by atoms with Crippen molar-refractivity contribution < 1.29 is 14.3 Å². The lowest BCUT2D eigenvalue weighted by atomic mass is 10.0. The topological polar surface area (TPSA) is 47.6 Å². The third-order valence-electron chi connectivity index (χ3n) is 3.61. The van der Waals surface area contributed by atoms with Gasteiger partial charge in [0.2, 0.25) is 0 Å². The molecule has 2 rings (SSSR count). The number of amides is 1. The summed E-state index contributed by atoms with van der Waals surface area (Å²) < 4.78 is 11.3. The third kappa shape index (κ3) is 4.51. The maximum Gasteiger partial charge on any atom is 0.252 e. The molecule has 1 aromatic carbocycles. The molecule has 0 aliphatic rings. The molecular formula is C18H22BrNO3S. The van der Waals surface area contributed by atoms with E-state index in [1.54, 1.807) is 37.7 Å². The van der Waals surface area contributed by atoms with E-state index in [1.807, 2.05) is 11.4 Å². The van der Waals surface area contributed by atoms with Gasteiger partial charge in [-0.05, 0) is 51.8 Å². The molecule has 1 N–H and O–H groups in total. The highest BCUT2D eigenvalue weighted by atomic mass is 79.9. The number of hydrogen-bond acceptors (Lipinski definition) is 4. The molecule has 1 amide bonds. The molecule has 0 bridgehead atoms. The molecule has 0 radical (unpaired) electrons. The van der Waals surface area contributed by atoms with Crippen LogP contribution < -0.4 is 14.8 Å². The Morgan fingerprint density at radius 1 is 1.25 bits per heavy atom. The van der Waals surface area contributed by atoms with Crippen molar-refractivity contribution in [2.45, 2.75) is 26.3 Å². The lowest BCUT2D eigenvalue weighted by Crippen LogP contribution is -2.29. The van der Waals surface area contributed by atoms with Crippen LogP contribution in [0.15, 0.2) is 34.1 Å². The van der Waals surface area contributed by atoms with E-state index in [4.69, 9.17) is 9.47 Å². The van der Waals surface area contributed by atoms with Gasteiger partial charge in [-0.15, -0.1) is 11.3 Å². The van der Waals surface area contributed by atoms with Gasteiger partial charge in [0.1, 0.15) is 16.0 Å². The normalized spacial score (nSPS) is 12.1. The lowest BCUT2D eigenvalue weighted by Gasteiger charge is -2.20. The van der Waals surface area contributed by atoms with Crippen molar-refractivity contribution >= 4 is 33.2 Å². The van der Waals surface area contributed by atoms with Gasteiger partial charge in [-0.25, -0.2) is 0 Å². The van der Waals surface area contributed by atoms with Crippen molar-refractivity contribution in [3.63, 3.8) is 0 Å². The molecule has 0 aliphatic heterocycles. The van der Waals surface area contributed by atoms with Gasteiger partial charge in [-0.1, -0.05) is 19.9 Å². The van der Waals surface area contributed by atoms with E-state index >= 15 is 0 Å². The van der Waals surface area contributed by atoms with Crippen molar-refractivity contribution in [3.8, 4) is 11.5 Å². The van der Waals surface area contributed by atoms with Gasteiger partial charge >= 0.3 is 0 Å². The van der Waals surface area contributed by atoms with Crippen molar-refractivity contribution in [3.05, 3.63) is 44.6 Å². The minimum atomic E-state index is -0.141. The van der Waals surface area contributed by atoms with Crippen LogP contribution in [0.5, 0.6) is 11.5 Å². The molecule has 0 saturated heterocycles. The molecule has 0 fully saturated rings. The summed E-state index contributed by atoms with van der Waals surface area (Å²) in [6, 6.07) is 7.48. The molecule has 1 unspecified atom stereocenters. The first kappa shape index (κ1) is 18.8. The van der Waals surface area contributed by atoms with E-state index < -0.39 is 0 Å². The molecule has 130 valence electrons. The average Bonchev–Trinajstić information content (AvgIpc) is 3.08. The third-order valence-corrected chi connectivity index (χ3v) is 5.37. The fourth-order valence-corrected chi connectivity index (χ4v) is 3.79. The van der Waals surface area contributed by atoms with Crippen LogP contribution in [0.3, 0.4) is 0 Å². The number of halogens is 1. The fourth-order valence-electron chi connectivity index (χ4n) is 2.45. The number of carbonyl (C=O) groups is 1. The zero-order valence-corrected chi connectivity index (χ0v) is 16.7. The molecule has 1 atom stereocenters. The Morgan fingerprint density at radius 3 is 2.33 bits per heavy atom. The van der Waals surface area contributed by atoms with E-state index in [0.29, 0.717) is 27.5 Å². The maximum absolute atomic E-state index is 12.7. The van der Waals surface area contributed by atoms with Gasteiger partial charge in [0, 0.05) is 10.4 Å². The first-order valence-electron chi connectivity index (χ1n) is 7.72. The summed E-state index contributed by atoms with van der Waals surface area (Å²) in [5.41, 5.74) is 0.511. The average molecular weight is 412 g/mol. The zero-order chi connectivity index (χ0) is 17.7. The minimum Gasteiger partial charge on any atom is -0.495 e. The van der Waals surface area contributed by atoms with Crippen LogP contribution in [0.1, 0.15) is 41.5 Å². The van der Waals surface area contributed by atoms with Gasteiger partial charge in [-0.2, -0.15) is 0 Å². The molecule has 0 saturated carbocycles. The summed E-state index contributed by atoms with van der Waals surface area (Å²) in [4.78, 5) is 13.9. The Kier molecular flexibility index (Phi) is 6.69. The Morgan fingerprint density at radius 2 is 1.88 bits per heavy atom. The summed E-state index contributed by atoms with van der Waals surface area (Å²) in [6.45, 7) is 4.30. The smallest absolute Gasteiger partial charge is 0.252 e. The first-order valence-corrected chi connectivity index (χ1v) is 9.39. The van der Waals surface area contributed by atoms with Crippen LogP contribution in [0.25, 0.3) is 0 Å². The quantitative estimate of drug-likeness (QED) is 0.693. The van der Waals surface area contributed by atoms with Crippen molar-refractivity contribution in [2.75, 3.05) is 14.2 Å². The zero-order valence-electron chi connectivity index (χ0n) is 14.3. The first-order chi connectivity index (χ1) is 11.5. The van der Waals surface area contributed by atoms with Gasteiger partial charge in [-0.3, -0.25) is 4.79 Å². The Bertz CT molecular complexity index is 661. The molecule has 1 aromatic heterocycles. The Hall–Kier alpha value is -1.53. The van der Waals surface area contributed by atoms with E-state index in [-0.39, 0.29) is 11.9 Å². The molecule has 2 aromatic rings. The van der Waals surface area contributed by atoms with Gasteiger partial charge in [0.05, 0.1) is 20.3 Å². The van der Waals surface area contributed by atoms with Crippen LogP contribution in [-0.4, -0.2) is 20.1 Å². The largest absolute Gasteiger partial charge is 0.495 e. The SMILES string of the molecule is COc1cc(C(=O)NC(CC(C)C)c2cccs2)cc(OC)c1Br. The summed E-state index contributed by atoms with van der Waals surface area (Å²) >= 11 is 5.08. The standard InChI is InChI=1S/C18H22BrNO3S/c1-11(2)8-13(16-6-5-7-24-16)20-18(21)12-9-14(22-3)17(19)15(10-12)23-4/h5-7,9-11,13H,8H2,1-4H3,(H,20,21). The van der Waals surface area contributed by atoms with Crippen LogP contribution in [0, 0.1) is 5.92 Å². The number of benzene rings is 1. The minimum absolute atomic E-state index is 0.00173. The van der Waals surface area contributed by atoms with Crippen molar-refractivity contribution in [2.24, 2.45) is 5.92 Å². The number of nitrogens with one attached hydrogen (secondary N) is 1. The van der Waals surface area contributed by atoms with Crippen LogP contribution in [0.2, 0.25) is 0 Å². The molecule has 24 heavy (non-hydrogen) atoms. The molecule has 1 heterocycles. The van der Waals surface area contributed by atoms with E-state index in [0.717, 1.165) is 11.3 Å². The maximum atomic E-state index is 12.7. The molecule has 0 aliphatic carbocycles. The van der Waals surface area contributed by atoms with E-state index in [1.165, 1.54) is 0 Å². The van der Waals surface area contributed by atoms with Crippen LogP contribution in [0.4, 0.5) is 0 Å². The Labute approximate surface area is 155 Å². The molecule has 0 spiro atoms. The Balaban J connectivity index is 2.27. The predicted octanol–water partition coefficient (Wildman–Crippen LogP) is 5.05. The van der Waals surface area contributed by atoms with E-state index in [2.05, 4.69) is 41.2 Å². The molecular weight excluding hydrogens is 390 g/mol. The summed E-state index contributed by atoms with van der Waals surface area (Å²) in [5.74, 6) is 1.47. The number of rotatable bonds is 7. The van der Waals surface area contributed by atoms with Gasteiger partial charge in [0.25, 0.3) is 5.91 Å². The highest BCUT2D eigenvalue weighted by molar-refractivity contribution is 9.10. The van der Waals surface area contributed by atoms with E-state index in [9.17, 15) is 4.79 Å².